The Kier molecular flexibility index (Phi) is 13.5. The minimum absolute atomic E-state index is 0.0360. The number of aliphatic hydroxyl groups is 2. The summed E-state index contributed by atoms with van der Waals surface area (Å²) in [5, 5.41) is 19.8. The third-order valence-corrected chi connectivity index (χ3v) is 8.84. The maximum absolute atomic E-state index is 12.9. The van der Waals surface area contributed by atoms with Crippen LogP contribution in [0.5, 0.6) is 5.75 Å². The number of amides is 2. The summed E-state index contributed by atoms with van der Waals surface area (Å²) in [6.45, 7) is 9.43. The molecular weight excluding hydrogens is 629 g/mol. The third-order valence-electron chi connectivity index (χ3n) is 6.46. The zero-order valence-electron chi connectivity index (χ0n) is 26.9. The second-order valence-corrected chi connectivity index (χ2v) is 15.4. The van der Waals surface area contributed by atoms with E-state index < -0.39 is 33.7 Å². The van der Waals surface area contributed by atoms with E-state index in [0.29, 0.717) is 16.2 Å². The van der Waals surface area contributed by atoms with Gasteiger partial charge >= 0.3 is 6.09 Å². The number of carbonyl (C=O) groups is 2. The van der Waals surface area contributed by atoms with Crippen LogP contribution in [0.2, 0.25) is 0 Å². The van der Waals surface area contributed by atoms with Gasteiger partial charge in [-0.15, -0.1) is 11.8 Å². The van der Waals surface area contributed by atoms with Crippen LogP contribution in [0.1, 0.15) is 63.1 Å². The van der Waals surface area contributed by atoms with Crippen molar-refractivity contribution in [2.24, 2.45) is 0 Å². The number of benzene rings is 3. The average Bonchev–Trinajstić information content (AvgIpc) is 2.98. The fraction of sp³-hybridized carbons (Fsp3) is 0.412. The van der Waals surface area contributed by atoms with Crippen molar-refractivity contribution >= 4 is 33.8 Å². The van der Waals surface area contributed by atoms with Crippen LogP contribution in [0.25, 0.3) is 11.1 Å². The molecule has 1 atom stereocenters. The number of ether oxygens (including phenoxy) is 2. The van der Waals surface area contributed by atoms with Crippen molar-refractivity contribution in [1.82, 2.24) is 9.62 Å². The topological polar surface area (TPSA) is 142 Å². The number of hydrogen-bond acceptors (Lipinski definition) is 9. The Bertz CT molecular complexity index is 1540. The molecule has 0 spiro atoms. The van der Waals surface area contributed by atoms with Crippen LogP contribution < -0.4 is 9.46 Å². The average molecular weight is 673 g/mol. The maximum atomic E-state index is 12.9. The lowest BCUT2D eigenvalue weighted by Crippen LogP contribution is -2.41. The molecule has 0 aliphatic carbocycles. The summed E-state index contributed by atoms with van der Waals surface area (Å²) in [4.78, 5) is 27.9. The number of nitrogens with zero attached hydrogens (tertiary/aromatic N) is 1. The predicted molar refractivity (Wildman–Crippen MR) is 181 cm³/mol. The Morgan fingerprint density at radius 2 is 1.63 bits per heavy atom. The van der Waals surface area contributed by atoms with Crippen LogP contribution in [-0.2, 0) is 14.8 Å². The molecule has 250 valence electrons. The molecule has 3 aromatic rings. The molecule has 0 bridgehead atoms. The molecule has 0 fully saturated rings. The Morgan fingerprint density at radius 1 is 0.978 bits per heavy atom. The predicted octanol–water partition coefficient (Wildman–Crippen LogP) is 5.65. The summed E-state index contributed by atoms with van der Waals surface area (Å²) >= 11 is 1.45. The van der Waals surface area contributed by atoms with Gasteiger partial charge in [0.05, 0.1) is 30.5 Å². The summed E-state index contributed by atoms with van der Waals surface area (Å²) in [5.74, 6) is -0.478. The van der Waals surface area contributed by atoms with Crippen LogP contribution >= 0.6 is 11.8 Å². The van der Waals surface area contributed by atoms with Crippen molar-refractivity contribution in [3.63, 3.8) is 0 Å². The van der Waals surface area contributed by atoms with E-state index in [2.05, 4.69) is 4.72 Å². The van der Waals surface area contributed by atoms with Crippen molar-refractivity contribution in [1.29, 1.82) is 0 Å². The van der Waals surface area contributed by atoms with E-state index in [-0.39, 0.29) is 49.3 Å². The molecule has 0 heterocycles. The van der Waals surface area contributed by atoms with Gasteiger partial charge < -0.3 is 24.6 Å². The first-order valence-corrected chi connectivity index (χ1v) is 17.6. The van der Waals surface area contributed by atoms with E-state index in [1.807, 2.05) is 50.2 Å². The molecule has 0 saturated carbocycles. The van der Waals surface area contributed by atoms with Gasteiger partial charge in [0.25, 0.3) is 5.91 Å². The number of sulfonamides is 1. The molecule has 10 nitrogen and oxygen atoms in total. The van der Waals surface area contributed by atoms with Gasteiger partial charge in [-0.05, 0) is 68.1 Å². The molecular formula is C34H44N2O8S2. The van der Waals surface area contributed by atoms with Gasteiger partial charge in [0.2, 0.25) is 10.0 Å². The Balaban J connectivity index is 1.70. The summed E-state index contributed by atoms with van der Waals surface area (Å²) in [7, 11) is -3.87. The first-order valence-electron chi connectivity index (χ1n) is 15.1. The molecule has 0 radical (unpaired) electrons. The number of aliphatic hydroxyl groups excluding tert-OH is 2. The van der Waals surface area contributed by atoms with Gasteiger partial charge in [0.1, 0.15) is 18.0 Å². The number of carbonyl (C=O) groups excluding carboxylic acids is 2. The third kappa shape index (κ3) is 12.0. The van der Waals surface area contributed by atoms with Crippen molar-refractivity contribution in [2.45, 2.75) is 62.9 Å². The van der Waals surface area contributed by atoms with E-state index in [0.717, 1.165) is 11.1 Å². The fourth-order valence-electron chi connectivity index (χ4n) is 4.33. The molecule has 0 aliphatic heterocycles. The highest BCUT2D eigenvalue weighted by atomic mass is 32.2. The lowest BCUT2D eigenvalue weighted by molar-refractivity contribution is 0.0117. The highest BCUT2D eigenvalue weighted by molar-refractivity contribution is 8.00. The number of hydrogen-bond donors (Lipinski definition) is 3. The van der Waals surface area contributed by atoms with Crippen molar-refractivity contribution < 1.29 is 37.7 Å². The van der Waals surface area contributed by atoms with Gasteiger partial charge in [-0.25, -0.2) is 17.9 Å². The van der Waals surface area contributed by atoms with Crippen LogP contribution in [-0.4, -0.2) is 78.4 Å². The van der Waals surface area contributed by atoms with Crippen molar-refractivity contribution in [3.05, 3.63) is 83.9 Å². The zero-order valence-corrected chi connectivity index (χ0v) is 28.6. The summed E-state index contributed by atoms with van der Waals surface area (Å²) in [6.07, 6.45) is -1.40. The van der Waals surface area contributed by atoms with Crippen LogP contribution in [0.15, 0.2) is 77.7 Å². The molecule has 0 unspecified atom stereocenters. The van der Waals surface area contributed by atoms with Crippen molar-refractivity contribution in [3.8, 4) is 16.9 Å². The summed E-state index contributed by atoms with van der Waals surface area (Å²) in [5.41, 5.74) is 1.94. The molecule has 12 heteroatoms. The number of thioether (sulfide) groups is 1. The van der Waals surface area contributed by atoms with E-state index in [9.17, 15) is 23.1 Å². The highest BCUT2D eigenvalue weighted by Crippen LogP contribution is 2.32. The van der Waals surface area contributed by atoms with Crippen LogP contribution in [0, 0.1) is 0 Å². The largest absolute Gasteiger partial charge is 0.492 e. The quantitative estimate of drug-likeness (QED) is 0.175. The number of nitrogens with one attached hydrogen (secondary N) is 1. The number of rotatable bonds is 15. The van der Waals surface area contributed by atoms with Gasteiger partial charge in [0, 0.05) is 16.8 Å². The first kappa shape index (κ1) is 36.9. The fourth-order valence-corrected chi connectivity index (χ4v) is 6.33. The molecule has 3 rings (SSSR count). The molecule has 3 N–H and O–H groups in total. The van der Waals surface area contributed by atoms with Crippen molar-refractivity contribution in [2.75, 3.05) is 32.1 Å². The smallest absolute Gasteiger partial charge is 0.410 e. The van der Waals surface area contributed by atoms with Gasteiger partial charge in [-0.3, -0.25) is 4.79 Å². The lowest BCUT2D eigenvalue weighted by atomic mass is 10.0. The van der Waals surface area contributed by atoms with E-state index in [1.165, 1.54) is 16.7 Å². The second-order valence-electron chi connectivity index (χ2n) is 11.9. The zero-order chi connectivity index (χ0) is 33.9. The van der Waals surface area contributed by atoms with E-state index in [4.69, 9.17) is 14.6 Å². The molecule has 0 saturated heterocycles. The molecule has 2 amide bonds. The van der Waals surface area contributed by atoms with Crippen LogP contribution in [0.3, 0.4) is 0 Å². The minimum Gasteiger partial charge on any atom is -0.492 e. The monoisotopic (exact) mass is 672 g/mol. The maximum Gasteiger partial charge on any atom is 0.410 e. The SMILES string of the molecule is CC(C)Sc1cc(-c2ccc(OCCN(C[C@H](O)c3ccccc3)C(=O)OC(C)(C)C)cc2)ccc1C(=O)NS(=O)(=O)CCCO. The summed E-state index contributed by atoms with van der Waals surface area (Å²) in [6, 6.07) is 21.7. The van der Waals surface area contributed by atoms with Gasteiger partial charge in [0.15, 0.2) is 0 Å². The normalized spacial score (nSPS) is 12.4. The molecule has 46 heavy (non-hydrogen) atoms. The Hall–Kier alpha value is -3.58. The van der Waals surface area contributed by atoms with E-state index in [1.54, 1.807) is 57.2 Å². The van der Waals surface area contributed by atoms with E-state index >= 15 is 0 Å². The molecule has 3 aromatic carbocycles. The molecule has 0 aliphatic rings. The molecule has 0 aromatic heterocycles. The Labute approximate surface area is 276 Å². The Morgan fingerprint density at radius 3 is 2.24 bits per heavy atom. The van der Waals surface area contributed by atoms with Crippen LogP contribution in [0.4, 0.5) is 4.79 Å². The first-order chi connectivity index (χ1) is 21.7. The lowest BCUT2D eigenvalue weighted by Gasteiger charge is -2.29. The minimum atomic E-state index is -3.87. The van der Waals surface area contributed by atoms with Gasteiger partial charge in [-0.1, -0.05) is 62.4 Å². The highest BCUT2D eigenvalue weighted by Gasteiger charge is 2.25. The second kappa shape index (κ2) is 16.8. The summed E-state index contributed by atoms with van der Waals surface area (Å²) < 4.78 is 38.1. The standard InChI is InChI=1S/C34H44N2O8S2/c1-24(2)45-31-22-27(14-17-29(31)32(39)35-46(41,42)21-9-19-37)25-12-15-28(16-13-25)43-20-18-36(33(40)44-34(3,4)5)23-30(38)26-10-7-6-8-11-26/h6-8,10-17,22,24,30,37-38H,9,18-21,23H2,1-5H3,(H,35,39)/t30-/m0/s1. The van der Waals surface area contributed by atoms with Gasteiger partial charge in [-0.2, -0.15) is 0 Å².